The molecule has 0 aliphatic heterocycles. The Morgan fingerprint density at radius 1 is 0.550 bits per heavy atom. The van der Waals surface area contributed by atoms with E-state index < -0.39 is 0 Å². The van der Waals surface area contributed by atoms with Crippen LogP contribution in [0.1, 0.15) is 103 Å². The summed E-state index contributed by atoms with van der Waals surface area (Å²) in [5.41, 5.74) is 0. The fourth-order valence-corrected chi connectivity index (χ4v) is 2.54. The van der Waals surface area contributed by atoms with Gasteiger partial charge in [-0.1, -0.05) is 83.3 Å². The van der Waals surface area contributed by atoms with E-state index in [0.29, 0.717) is 6.61 Å². The van der Waals surface area contributed by atoms with Gasteiger partial charge in [0.2, 0.25) is 0 Å². The molecule has 1 nitrogen and oxygen atoms in total. The van der Waals surface area contributed by atoms with Gasteiger partial charge >= 0.3 is 0 Å². The molecule has 0 aliphatic rings. The van der Waals surface area contributed by atoms with Crippen LogP contribution in [0.15, 0.2) is 12.2 Å². The summed E-state index contributed by atoms with van der Waals surface area (Å²) in [4.78, 5) is 0. The third kappa shape index (κ3) is 17.7. The smallest absolute Gasteiger partial charge is 0.0431 e. The van der Waals surface area contributed by atoms with Crippen LogP contribution in [0.2, 0.25) is 0 Å². The summed E-state index contributed by atoms with van der Waals surface area (Å²) in [7, 11) is 0. The Balaban J connectivity index is 3.00. The topological polar surface area (TPSA) is 20.2 Å². The van der Waals surface area contributed by atoms with Gasteiger partial charge in [-0.3, -0.25) is 0 Å². The van der Waals surface area contributed by atoms with E-state index in [1.165, 1.54) is 89.9 Å². The van der Waals surface area contributed by atoms with Crippen LogP contribution < -0.4 is 0 Å². The molecular formula is C19H38O. The van der Waals surface area contributed by atoms with Crippen LogP contribution >= 0.6 is 0 Å². The van der Waals surface area contributed by atoms with Gasteiger partial charge < -0.3 is 5.11 Å². The van der Waals surface area contributed by atoms with Gasteiger partial charge in [0.1, 0.15) is 0 Å². The highest BCUT2D eigenvalue weighted by Gasteiger charge is 1.92. The summed E-state index contributed by atoms with van der Waals surface area (Å²) in [5, 5.41) is 8.68. The van der Waals surface area contributed by atoms with Crippen LogP contribution in [0.25, 0.3) is 0 Å². The van der Waals surface area contributed by atoms with Crippen LogP contribution in [0.3, 0.4) is 0 Å². The highest BCUT2D eigenvalue weighted by molar-refractivity contribution is 4.81. The van der Waals surface area contributed by atoms with Crippen molar-refractivity contribution in [2.75, 3.05) is 6.61 Å². The quantitative estimate of drug-likeness (QED) is 0.256. The van der Waals surface area contributed by atoms with Gasteiger partial charge in [0.05, 0.1) is 0 Å². The maximum Gasteiger partial charge on any atom is 0.0431 e. The molecule has 0 saturated heterocycles. The minimum atomic E-state index is 0.367. The lowest BCUT2D eigenvalue weighted by Gasteiger charge is -2.01. The number of aliphatic hydroxyl groups is 1. The Morgan fingerprint density at radius 2 is 0.950 bits per heavy atom. The number of unbranched alkanes of at least 4 members (excludes halogenated alkanes) is 13. The van der Waals surface area contributed by atoms with Crippen molar-refractivity contribution in [1.29, 1.82) is 0 Å². The summed E-state index contributed by atoms with van der Waals surface area (Å²) in [5.74, 6) is 0. The minimum absolute atomic E-state index is 0.367. The van der Waals surface area contributed by atoms with E-state index in [4.69, 9.17) is 5.11 Å². The van der Waals surface area contributed by atoms with E-state index in [1.54, 1.807) is 0 Å². The van der Waals surface area contributed by atoms with Gasteiger partial charge in [0, 0.05) is 6.61 Å². The van der Waals surface area contributed by atoms with Crippen LogP contribution in [-0.4, -0.2) is 11.7 Å². The molecule has 120 valence electrons. The lowest BCUT2D eigenvalue weighted by atomic mass is 10.1. The molecule has 0 rings (SSSR count). The van der Waals surface area contributed by atoms with Gasteiger partial charge in [0.25, 0.3) is 0 Å². The van der Waals surface area contributed by atoms with Crippen molar-refractivity contribution in [3.8, 4) is 0 Å². The summed E-state index contributed by atoms with van der Waals surface area (Å²) in [6, 6.07) is 0. The van der Waals surface area contributed by atoms with Gasteiger partial charge in [0.15, 0.2) is 0 Å². The molecule has 0 radical (unpaired) electrons. The van der Waals surface area contributed by atoms with Crippen molar-refractivity contribution in [1.82, 2.24) is 0 Å². The molecule has 0 spiro atoms. The lowest BCUT2D eigenvalue weighted by Crippen LogP contribution is -1.84. The molecule has 0 saturated carbocycles. The zero-order chi connectivity index (χ0) is 14.7. The number of allylic oxidation sites excluding steroid dienone is 2. The second kappa shape index (κ2) is 18.7. The van der Waals surface area contributed by atoms with E-state index >= 15 is 0 Å². The van der Waals surface area contributed by atoms with Gasteiger partial charge in [-0.2, -0.15) is 0 Å². The SMILES string of the molecule is CCCCCCC=CCCCCCCCCCCCO. The Hall–Kier alpha value is -0.300. The molecule has 1 N–H and O–H groups in total. The predicted molar refractivity (Wildman–Crippen MR) is 91.2 cm³/mol. The highest BCUT2D eigenvalue weighted by atomic mass is 16.2. The average molecular weight is 283 g/mol. The van der Waals surface area contributed by atoms with E-state index in [2.05, 4.69) is 19.1 Å². The van der Waals surface area contributed by atoms with Crippen LogP contribution in [0, 0.1) is 0 Å². The molecule has 1 heteroatoms. The molecule has 0 atom stereocenters. The molecule has 0 aromatic carbocycles. The molecular weight excluding hydrogens is 244 g/mol. The molecule has 0 aromatic rings. The third-order valence-electron chi connectivity index (χ3n) is 3.92. The molecule has 0 fully saturated rings. The van der Waals surface area contributed by atoms with Crippen molar-refractivity contribution in [2.45, 2.75) is 103 Å². The standard InChI is InChI=1S/C19H38O/c1-2-3-4-5-6-7-8-9-10-11-12-13-14-15-16-17-18-19-20/h7-8,20H,2-6,9-19H2,1H3. The second-order valence-corrected chi connectivity index (χ2v) is 6.02. The first-order valence-corrected chi connectivity index (χ1v) is 9.17. The normalized spacial score (nSPS) is 11.5. The zero-order valence-electron chi connectivity index (χ0n) is 13.9. The average Bonchev–Trinajstić information content (AvgIpc) is 2.47. The van der Waals surface area contributed by atoms with Crippen molar-refractivity contribution in [3.63, 3.8) is 0 Å². The molecule has 0 heterocycles. The predicted octanol–water partition coefficient (Wildman–Crippen LogP) is 6.41. The summed E-state index contributed by atoms with van der Waals surface area (Å²) < 4.78 is 0. The molecule has 0 aliphatic carbocycles. The highest BCUT2D eigenvalue weighted by Crippen LogP contribution is 2.11. The molecule has 0 amide bonds. The Morgan fingerprint density at radius 3 is 1.40 bits per heavy atom. The Labute approximate surface area is 127 Å². The Bertz CT molecular complexity index is 186. The van der Waals surface area contributed by atoms with Gasteiger partial charge in [-0.15, -0.1) is 0 Å². The third-order valence-corrected chi connectivity index (χ3v) is 3.92. The summed E-state index contributed by atoms with van der Waals surface area (Å²) in [6.45, 7) is 2.64. The van der Waals surface area contributed by atoms with Gasteiger partial charge in [-0.25, -0.2) is 0 Å². The van der Waals surface area contributed by atoms with Crippen molar-refractivity contribution >= 4 is 0 Å². The summed E-state index contributed by atoms with van der Waals surface area (Å²) >= 11 is 0. The first-order chi connectivity index (χ1) is 9.91. The monoisotopic (exact) mass is 282 g/mol. The maximum atomic E-state index is 8.68. The van der Waals surface area contributed by atoms with Crippen molar-refractivity contribution in [3.05, 3.63) is 12.2 Å². The van der Waals surface area contributed by atoms with Gasteiger partial charge in [-0.05, 0) is 32.1 Å². The molecule has 0 aromatic heterocycles. The first-order valence-electron chi connectivity index (χ1n) is 9.17. The van der Waals surface area contributed by atoms with Crippen LogP contribution in [0.5, 0.6) is 0 Å². The largest absolute Gasteiger partial charge is 0.396 e. The van der Waals surface area contributed by atoms with E-state index in [0.717, 1.165) is 6.42 Å². The van der Waals surface area contributed by atoms with Crippen molar-refractivity contribution < 1.29 is 5.11 Å². The molecule has 20 heavy (non-hydrogen) atoms. The Kier molecular flexibility index (Phi) is 18.4. The molecule has 0 bridgehead atoms. The lowest BCUT2D eigenvalue weighted by molar-refractivity contribution is 0.282. The number of hydrogen-bond acceptors (Lipinski definition) is 1. The maximum absolute atomic E-state index is 8.68. The zero-order valence-corrected chi connectivity index (χ0v) is 13.9. The minimum Gasteiger partial charge on any atom is -0.396 e. The fraction of sp³-hybridized carbons (Fsp3) is 0.895. The fourth-order valence-electron chi connectivity index (χ4n) is 2.54. The number of hydrogen-bond donors (Lipinski definition) is 1. The summed E-state index contributed by atoms with van der Waals surface area (Å²) in [6.07, 6.45) is 24.7. The number of rotatable bonds is 16. The van der Waals surface area contributed by atoms with Crippen LogP contribution in [0.4, 0.5) is 0 Å². The molecule has 0 unspecified atom stereocenters. The van der Waals surface area contributed by atoms with Crippen molar-refractivity contribution in [2.24, 2.45) is 0 Å². The number of aliphatic hydroxyl groups excluding tert-OH is 1. The van der Waals surface area contributed by atoms with E-state index in [-0.39, 0.29) is 0 Å². The van der Waals surface area contributed by atoms with E-state index in [1.807, 2.05) is 0 Å². The first kappa shape index (κ1) is 19.7. The van der Waals surface area contributed by atoms with Crippen LogP contribution in [-0.2, 0) is 0 Å². The second-order valence-electron chi connectivity index (χ2n) is 6.02. The van der Waals surface area contributed by atoms with E-state index in [9.17, 15) is 0 Å².